The van der Waals surface area contributed by atoms with Crippen molar-refractivity contribution in [3.63, 3.8) is 0 Å². The van der Waals surface area contributed by atoms with Crippen molar-refractivity contribution >= 4 is 5.91 Å². The number of nitrogens with one attached hydrogen (secondary N) is 1. The maximum Gasteiger partial charge on any atom is 0.273 e. The van der Waals surface area contributed by atoms with Gasteiger partial charge in [0.05, 0.1) is 6.54 Å². The van der Waals surface area contributed by atoms with Crippen molar-refractivity contribution in [2.75, 3.05) is 0 Å². The van der Waals surface area contributed by atoms with Crippen LogP contribution >= 0.6 is 0 Å². The smallest absolute Gasteiger partial charge is 0.273 e. The molecular formula is C20H28FN3O2. The SMILES string of the molecule is CC[C@@H](C)NC(=O)c1coc(CN(Cc2ccc(F)cc2)[C@@H](C)CC)n1. The van der Waals surface area contributed by atoms with Crippen molar-refractivity contribution in [3.8, 4) is 0 Å². The fourth-order valence-corrected chi connectivity index (χ4v) is 2.51. The molecule has 142 valence electrons. The minimum atomic E-state index is -0.242. The first-order valence-corrected chi connectivity index (χ1v) is 9.16. The molecule has 0 unspecified atom stereocenters. The Morgan fingerprint density at radius 2 is 1.88 bits per heavy atom. The standard InChI is InChI=1S/C20H28FN3O2/c1-5-14(3)22-20(25)18-13-26-19(23-18)12-24(15(4)6-2)11-16-7-9-17(21)10-8-16/h7-10,13-15H,5-6,11-12H2,1-4H3,(H,22,25)/t14-,15+/m1/s1. The molecule has 1 amide bonds. The second kappa shape index (κ2) is 9.48. The highest BCUT2D eigenvalue weighted by atomic mass is 19.1. The highest BCUT2D eigenvalue weighted by Crippen LogP contribution is 2.16. The zero-order valence-electron chi connectivity index (χ0n) is 16.0. The average molecular weight is 361 g/mol. The van der Waals surface area contributed by atoms with Crippen LogP contribution < -0.4 is 5.32 Å². The van der Waals surface area contributed by atoms with Crippen molar-refractivity contribution in [2.45, 2.75) is 65.7 Å². The van der Waals surface area contributed by atoms with Crippen LogP contribution in [0.3, 0.4) is 0 Å². The van der Waals surface area contributed by atoms with Gasteiger partial charge in [0, 0.05) is 18.6 Å². The predicted molar refractivity (Wildman–Crippen MR) is 99.1 cm³/mol. The topological polar surface area (TPSA) is 58.4 Å². The number of nitrogens with zero attached hydrogens (tertiary/aromatic N) is 2. The van der Waals surface area contributed by atoms with Gasteiger partial charge in [0.1, 0.15) is 12.1 Å². The maximum atomic E-state index is 13.1. The van der Waals surface area contributed by atoms with Crippen molar-refractivity contribution in [3.05, 3.63) is 53.5 Å². The van der Waals surface area contributed by atoms with Gasteiger partial charge in [0.25, 0.3) is 5.91 Å². The Kier molecular flexibility index (Phi) is 7.33. The lowest BCUT2D eigenvalue weighted by Gasteiger charge is -2.27. The average Bonchev–Trinajstić information content (AvgIpc) is 3.10. The van der Waals surface area contributed by atoms with Crippen LogP contribution in [0.25, 0.3) is 0 Å². The van der Waals surface area contributed by atoms with E-state index in [0.29, 0.717) is 30.7 Å². The van der Waals surface area contributed by atoms with Crippen molar-refractivity contribution in [1.29, 1.82) is 0 Å². The summed E-state index contributed by atoms with van der Waals surface area (Å²) in [5.74, 6) is 0.0400. The molecule has 0 saturated carbocycles. The van der Waals surface area contributed by atoms with Gasteiger partial charge < -0.3 is 9.73 Å². The molecule has 0 aliphatic carbocycles. The molecule has 2 atom stereocenters. The van der Waals surface area contributed by atoms with E-state index < -0.39 is 0 Å². The minimum Gasteiger partial charge on any atom is -0.447 e. The van der Waals surface area contributed by atoms with Crippen LogP contribution in [0.2, 0.25) is 0 Å². The molecule has 6 heteroatoms. The predicted octanol–water partition coefficient (Wildman–Crippen LogP) is 4.14. The third kappa shape index (κ3) is 5.66. The minimum absolute atomic E-state index is 0.0951. The van der Waals surface area contributed by atoms with Crippen LogP contribution in [0.5, 0.6) is 0 Å². The zero-order valence-corrected chi connectivity index (χ0v) is 16.0. The van der Waals surface area contributed by atoms with E-state index in [1.807, 2.05) is 13.8 Å². The largest absolute Gasteiger partial charge is 0.447 e. The molecule has 1 aromatic heterocycles. The molecule has 1 N–H and O–H groups in total. The molecule has 0 bridgehead atoms. The van der Waals surface area contributed by atoms with E-state index in [0.717, 1.165) is 18.4 Å². The molecule has 0 radical (unpaired) electrons. The first kappa shape index (κ1) is 20.1. The van der Waals surface area contributed by atoms with Gasteiger partial charge in [-0.25, -0.2) is 9.37 Å². The van der Waals surface area contributed by atoms with Crippen LogP contribution in [-0.2, 0) is 13.1 Å². The molecular weight excluding hydrogens is 333 g/mol. The second-order valence-corrected chi connectivity index (χ2v) is 6.70. The Hall–Kier alpha value is -2.21. The monoisotopic (exact) mass is 361 g/mol. The first-order valence-electron chi connectivity index (χ1n) is 9.16. The van der Waals surface area contributed by atoms with Crippen molar-refractivity contribution in [2.24, 2.45) is 0 Å². The quantitative estimate of drug-likeness (QED) is 0.729. The van der Waals surface area contributed by atoms with Gasteiger partial charge in [-0.3, -0.25) is 9.69 Å². The summed E-state index contributed by atoms with van der Waals surface area (Å²) in [6, 6.07) is 6.89. The molecule has 0 aliphatic rings. The summed E-state index contributed by atoms with van der Waals surface area (Å²) in [4.78, 5) is 18.7. The summed E-state index contributed by atoms with van der Waals surface area (Å²) in [6.07, 6.45) is 3.22. The lowest BCUT2D eigenvalue weighted by Crippen LogP contribution is -2.33. The Balaban J connectivity index is 2.06. The maximum absolute atomic E-state index is 13.1. The Morgan fingerprint density at radius 1 is 1.19 bits per heavy atom. The van der Waals surface area contributed by atoms with Gasteiger partial charge in [-0.2, -0.15) is 0 Å². The van der Waals surface area contributed by atoms with E-state index in [1.54, 1.807) is 12.1 Å². The molecule has 5 nitrogen and oxygen atoms in total. The normalized spacial score (nSPS) is 13.6. The number of halogens is 1. The molecule has 2 rings (SSSR count). The molecule has 0 saturated heterocycles. The van der Waals surface area contributed by atoms with Crippen LogP contribution in [0.4, 0.5) is 4.39 Å². The number of rotatable bonds is 9. The highest BCUT2D eigenvalue weighted by Gasteiger charge is 2.19. The van der Waals surface area contributed by atoms with E-state index >= 15 is 0 Å². The number of hydrogen-bond donors (Lipinski definition) is 1. The molecule has 1 heterocycles. The van der Waals surface area contributed by atoms with Crippen LogP contribution in [0.15, 0.2) is 34.9 Å². The molecule has 0 spiro atoms. The van der Waals surface area contributed by atoms with Gasteiger partial charge in [0.2, 0.25) is 5.89 Å². The van der Waals surface area contributed by atoms with Crippen LogP contribution in [-0.4, -0.2) is 27.9 Å². The Morgan fingerprint density at radius 3 is 2.50 bits per heavy atom. The number of carbonyl (C=O) groups excluding carboxylic acids is 1. The third-order valence-electron chi connectivity index (χ3n) is 4.63. The number of aromatic nitrogens is 1. The van der Waals surface area contributed by atoms with E-state index in [9.17, 15) is 9.18 Å². The number of oxazole rings is 1. The van der Waals surface area contributed by atoms with Gasteiger partial charge in [-0.05, 0) is 44.4 Å². The molecule has 26 heavy (non-hydrogen) atoms. The zero-order chi connectivity index (χ0) is 19.1. The third-order valence-corrected chi connectivity index (χ3v) is 4.63. The van der Waals surface area contributed by atoms with Gasteiger partial charge in [0.15, 0.2) is 5.69 Å². The Labute approximate surface area is 154 Å². The van der Waals surface area contributed by atoms with Gasteiger partial charge in [-0.15, -0.1) is 0 Å². The second-order valence-electron chi connectivity index (χ2n) is 6.70. The summed E-state index contributed by atoms with van der Waals surface area (Å²) >= 11 is 0. The fourth-order valence-electron chi connectivity index (χ4n) is 2.51. The van der Waals surface area contributed by atoms with E-state index in [-0.39, 0.29) is 17.8 Å². The lowest BCUT2D eigenvalue weighted by molar-refractivity contribution is 0.0934. The molecule has 0 aliphatic heterocycles. The van der Waals surface area contributed by atoms with Gasteiger partial charge >= 0.3 is 0 Å². The summed E-state index contributed by atoms with van der Waals surface area (Å²) < 4.78 is 18.6. The number of benzene rings is 1. The summed E-state index contributed by atoms with van der Waals surface area (Å²) in [7, 11) is 0. The van der Waals surface area contributed by atoms with Crippen LogP contribution in [0, 0.1) is 5.82 Å². The fraction of sp³-hybridized carbons (Fsp3) is 0.500. The Bertz CT molecular complexity index is 699. The molecule has 1 aromatic carbocycles. The van der Waals surface area contributed by atoms with E-state index in [2.05, 4.69) is 29.0 Å². The number of carbonyl (C=O) groups is 1. The molecule has 0 fully saturated rings. The van der Waals surface area contributed by atoms with E-state index in [1.165, 1.54) is 18.4 Å². The number of hydrogen-bond acceptors (Lipinski definition) is 4. The van der Waals surface area contributed by atoms with Crippen LogP contribution in [0.1, 0.15) is 62.5 Å². The number of amides is 1. The highest BCUT2D eigenvalue weighted by molar-refractivity contribution is 5.92. The molecule has 2 aromatic rings. The summed E-state index contributed by atoms with van der Waals surface area (Å²) in [5, 5.41) is 2.88. The first-order chi connectivity index (χ1) is 12.4. The van der Waals surface area contributed by atoms with Gasteiger partial charge in [-0.1, -0.05) is 26.0 Å². The summed E-state index contributed by atoms with van der Waals surface area (Å²) in [6.45, 7) is 9.35. The van der Waals surface area contributed by atoms with Crippen molar-refractivity contribution < 1.29 is 13.6 Å². The lowest BCUT2D eigenvalue weighted by atomic mass is 10.1. The summed E-state index contributed by atoms with van der Waals surface area (Å²) in [5.41, 5.74) is 1.32. The van der Waals surface area contributed by atoms with E-state index in [4.69, 9.17) is 4.42 Å². The van der Waals surface area contributed by atoms with Crippen molar-refractivity contribution in [1.82, 2.24) is 15.2 Å².